The van der Waals surface area contributed by atoms with Gasteiger partial charge in [0.05, 0.1) is 19.8 Å². The van der Waals surface area contributed by atoms with Crippen molar-refractivity contribution in [3.63, 3.8) is 0 Å². The second-order valence-electron chi connectivity index (χ2n) is 9.50. The Morgan fingerprint density at radius 3 is 2.53 bits per heavy atom. The van der Waals surface area contributed by atoms with Crippen molar-refractivity contribution in [1.82, 2.24) is 25.3 Å². The maximum atomic E-state index is 12.8. The number of nitrogens with one attached hydrogen (secondary N) is 1. The Labute approximate surface area is 220 Å². The number of piperidine rings is 1. The molecule has 0 unspecified atom stereocenters. The molecule has 2 aliphatic rings. The van der Waals surface area contributed by atoms with Crippen LogP contribution in [0.1, 0.15) is 29.9 Å². The third-order valence-electron chi connectivity index (χ3n) is 6.84. The van der Waals surface area contributed by atoms with E-state index in [-0.39, 0.29) is 11.8 Å². The first kappa shape index (κ1) is 25.1. The van der Waals surface area contributed by atoms with Crippen LogP contribution in [-0.4, -0.2) is 65.2 Å². The third-order valence-corrected chi connectivity index (χ3v) is 7.33. The maximum absolute atomic E-state index is 12.8. The summed E-state index contributed by atoms with van der Waals surface area (Å²) < 4.78 is 11.9. The quantitative estimate of drug-likeness (QED) is 0.453. The van der Waals surface area contributed by atoms with Gasteiger partial charge in [-0.1, -0.05) is 57.5 Å². The van der Waals surface area contributed by atoms with Gasteiger partial charge in [0, 0.05) is 42.1 Å². The number of carbonyl (C=O) groups is 1. The summed E-state index contributed by atoms with van der Waals surface area (Å²) >= 11 is 3.48. The maximum Gasteiger partial charge on any atom is 0.241 e. The summed E-state index contributed by atoms with van der Waals surface area (Å²) in [5, 5.41) is 7.28. The molecule has 0 bridgehead atoms. The van der Waals surface area contributed by atoms with E-state index in [0.717, 1.165) is 74.4 Å². The molecule has 2 aromatic carbocycles. The van der Waals surface area contributed by atoms with Crippen LogP contribution in [0.25, 0.3) is 11.4 Å². The molecular formula is C27H32BrN5O3. The minimum Gasteiger partial charge on any atom is -0.379 e. The lowest BCUT2D eigenvalue weighted by atomic mass is 9.96. The van der Waals surface area contributed by atoms with Crippen molar-refractivity contribution in [2.75, 3.05) is 39.4 Å². The lowest BCUT2D eigenvalue weighted by Gasteiger charge is -2.30. The molecule has 5 rings (SSSR count). The van der Waals surface area contributed by atoms with Gasteiger partial charge in [-0.25, -0.2) is 0 Å². The van der Waals surface area contributed by atoms with Crippen LogP contribution in [0.15, 0.2) is 57.5 Å². The Morgan fingerprint density at radius 2 is 1.72 bits per heavy atom. The molecule has 0 spiro atoms. The zero-order valence-corrected chi connectivity index (χ0v) is 22.0. The van der Waals surface area contributed by atoms with Crippen LogP contribution in [-0.2, 0) is 29.2 Å². The fourth-order valence-corrected chi connectivity index (χ4v) is 5.20. The van der Waals surface area contributed by atoms with Gasteiger partial charge >= 0.3 is 0 Å². The van der Waals surface area contributed by atoms with Gasteiger partial charge in [-0.15, -0.1) is 0 Å². The van der Waals surface area contributed by atoms with Gasteiger partial charge in [-0.05, 0) is 49.2 Å². The Morgan fingerprint density at radius 1 is 0.972 bits per heavy atom. The van der Waals surface area contributed by atoms with E-state index in [4.69, 9.17) is 9.26 Å². The smallest absolute Gasteiger partial charge is 0.241 e. The fraction of sp³-hybridized carbons (Fsp3) is 0.444. The number of benzene rings is 2. The van der Waals surface area contributed by atoms with Crippen molar-refractivity contribution in [2.24, 2.45) is 5.92 Å². The zero-order chi connectivity index (χ0) is 24.7. The summed E-state index contributed by atoms with van der Waals surface area (Å²) in [7, 11) is 0. The summed E-state index contributed by atoms with van der Waals surface area (Å²) in [6.07, 6.45) is 1.66. The van der Waals surface area contributed by atoms with Crippen molar-refractivity contribution in [1.29, 1.82) is 0 Å². The molecule has 9 heteroatoms. The monoisotopic (exact) mass is 553 g/mol. The summed E-state index contributed by atoms with van der Waals surface area (Å²) in [5.41, 5.74) is 3.34. The first-order valence-electron chi connectivity index (χ1n) is 12.6. The Bertz CT molecular complexity index is 1160. The predicted molar refractivity (Wildman–Crippen MR) is 140 cm³/mol. The van der Waals surface area contributed by atoms with Gasteiger partial charge in [0.25, 0.3) is 0 Å². The van der Waals surface area contributed by atoms with Crippen LogP contribution in [0.3, 0.4) is 0 Å². The number of aromatic nitrogens is 2. The number of halogens is 1. The number of amides is 1. The first-order chi connectivity index (χ1) is 17.6. The number of likely N-dealkylation sites (tertiary alicyclic amines) is 1. The number of hydrogen-bond acceptors (Lipinski definition) is 7. The fourth-order valence-electron chi connectivity index (χ4n) is 4.80. The molecule has 1 amide bonds. The number of hydrogen-bond donors (Lipinski definition) is 1. The molecule has 190 valence electrons. The van der Waals surface area contributed by atoms with E-state index >= 15 is 0 Å². The van der Waals surface area contributed by atoms with E-state index in [9.17, 15) is 4.79 Å². The molecule has 2 saturated heterocycles. The van der Waals surface area contributed by atoms with E-state index in [0.29, 0.717) is 24.8 Å². The average molecular weight is 554 g/mol. The lowest BCUT2D eigenvalue weighted by molar-refractivity contribution is -0.126. The van der Waals surface area contributed by atoms with Crippen LogP contribution in [0, 0.1) is 5.92 Å². The van der Waals surface area contributed by atoms with Crippen molar-refractivity contribution >= 4 is 21.8 Å². The van der Waals surface area contributed by atoms with Crippen LogP contribution < -0.4 is 5.32 Å². The first-order valence-corrected chi connectivity index (χ1v) is 13.4. The molecule has 1 N–H and O–H groups in total. The second kappa shape index (κ2) is 12.1. The molecule has 3 heterocycles. The standard InChI is InChI=1S/C27H32BrN5O3/c28-24-6-2-5-23(16-24)26-30-25(36-31-26)19-32-9-7-22(8-10-32)27(34)29-17-20-3-1-4-21(15-20)18-33-11-13-35-14-12-33/h1-6,15-16,22H,7-14,17-19H2,(H,29,34). The molecule has 36 heavy (non-hydrogen) atoms. The molecule has 8 nitrogen and oxygen atoms in total. The van der Waals surface area contributed by atoms with E-state index in [1.807, 2.05) is 24.3 Å². The number of carbonyl (C=O) groups excluding carboxylic acids is 1. The van der Waals surface area contributed by atoms with Gasteiger partial charge < -0.3 is 14.6 Å². The van der Waals surface area contributed by atoms with Gasteiger partial charge in [0.1, 0.15) is 0 Å². The number of morpholine rings is 1. The largest absolute Gasteiger partial charge is 0.379 e. The molecule has 0 saturated carbocycles. The molecule has 0 radical (unpaired) electrons. The van der Waals surface area contributed by atoms with Crippen LogP contribution >= 0.6 is 15.9 Å². The number of ether oxygens (including phenoxy) is 1. The van der Waals surface area contributed by atoms with E-state index < -0.39 is 0 Å². The van der Waals surface area contributed by atoms with Gasteiger partial charge in [-0.3, -0.25) is 14.6 Å². The Kier molecular flexibility index (Phi) is 8.43. The second-order valence-corrected chi connectivity index (χ2v) is 10.4. The minimum absolute atomic E-state index is 0.0395. The van der Waals surface area contributed by atoms with Crippen molar-refractivity contribution in [3.8, 4) is 11.4 Å². The summed E-state index contributed by atoms with van der Waals surface area (Å²) in [6, 6.07) is 16.4. The highest BCUT2D eigenvalue weighted by molar-refractivity contribution is 9.10. The predicted octanol–water partition coefficient (Wildman–Crippen LogP) is 3.86. The van der Waals surface area contributed by atoms with Crippen LogP contribution in [0.4, 0.5) is 0 Å². The SMILES string of the molecule is O=C(NCc1cccc(CN2CCOCC2)c1)C1CCN(Cc2nc(-c3cccc(Br)c3)no2)CC1. The lowest BCUT2D eigenvalue weighted by Crippen LogP contribution is -2.40. The summed E-state index contributed by atoms with van der Waals surface area (Å²) in [6.45, 7) is 7.31. The molecule has 0 aliphatic carbocycles. The van der Waals surface area contributed by atoms with Gasteiger partial charge in [0.15, 0.2) is 0 Å². The normalized spacial score (nSPS) is 17.8. The van der Waals surface area contributed by atoms with E-state index in [2.05, 4.69) is 65.5 Å². The minimum atomic E-state index is 0.0395. The molecule has 2 fully saturated rings. The molecule has 3 aromatic rings. The number of nitrogens with zero attached hydrogens (tertiary/aromatic N) is 4. The molecule has 0 atom stereocenters. The molecule has 2 aliphatic heterocycles. The summed E-state index contributed by atoms with van der Waals surface area (Å²) in [5.74, 6) is 1.38. The van der Waals surface area contributed by atoms with Crippen LogP contribution in [0.5, 0.6) is 0 Å². The van der Waals surface area contributed by atoms with E-state index in [1.54, 1.807) is 0 Å². The zero-order valence-electron chi connectivity index (χ0n) is 20.4. The summed E-state index contributed by atoms with van der Waals surface area (Å²) in [4.78, 5) is 22.1. The van der Waals surface area contributed by atoms with Gasteiger partial charge in [-0.2, -0.15) is 4.98 Å². The molecular weight excluding hydrogens is 522 g/mol. The van der Waals surface area contributed by atoms with E-state index in [1.165, 1.54) is 5.56 Å². The van der Waals surface area contributed by atoms with Crippen molar-refractivity contribution < 1.29 is 14.1 Å². The van der Waals surface area contributed by atoms with Crippen molar-refractivity contribution in [3.05, 3.63) is 70.0 Å². The average Bonchev–Trinajstić information content (AvgIpc) is 3.37. The highest BCUT2D eigenvalue weighted by atomic mass is 79.9. The highest BCUT2D eigenvalue weighted by Crippen LogP contribution is 2.22. The topological polar surface area (TPSA) is 83.7 Å². The highest BCUT2D eigenvalue weighted by Gasteiger charge is 2.26. The van der Waals surface area contributed by atoms with Gasteiger partial charge in [0.2, 0.25) is 17.6 Å². The molecule has 1 aromatic heterocycles. The Hall–Kier alpha value is -2.59. The Balaban J connectivity index is 1.06. The van der Waals surface area contributed by atoms with Crippen molar-refractivity contribution in [2.45, 2.75) is 32.5 Å². The third kappa shape index (κ3) is 6.79. The van der Waals surface area contributed by atoms with Crippen LogP contribution in [0.2, 0.25) is 0 Å². The number of rotatable bonds is 8.